The maximum Gasteiger partial charge on any atom is 0.0905 e. The largest absolute Gasteiger partial charge is 0.249 e. The standard InChI is InChI=1S/C12H8Br2N2/c13-7-1-3-9-11(5-7)16-12-6-8(14)2-4-10(12)15-9/h1,3,5-6H,2,4H2. The summed E-state index contributed by atoms with van der Waals surface area (Å²) in [7, 11) is 0. The molecule has 0 amide bonds. The zero-order valence-corrected chi connectivity index (χ0v) is 11.5. The minimum Gasteiger partial charge on any atom is -0.249 e. The molecule has 0 fully saturated rings. The molecule has 0 unspecified atom stereocenters. The van der Waals surface area contributed by atoms with E-state index < -0.39 is 0 Å². The number of halogens is 2. The predicted molar refractivity (Wildman–Crippen MR) is 72.5 cm³/mol. The lowest BCUT2D eigenvalue weighted by molar-refractivity contribution is 0.913. The highest BCUT2D eigenvalue weighted by molar-refractivity contribution is 9.11. The smallest absolute Gasteiger partial charge is 0.0905 e. The minimum atomic E-state index is 0.937. The summed E-state index contributed by atoms with van der Waals surface area (Å²) < 4.78 is 2.23. The lowest BCUT2D eigenvalue weighted by Gasteiger charge is -2.12. The Morgan fingerprint density at radius 2 is 1.88 bits per heavy atom. The van der Waals surface area contributed by atoms with Gasteiger partial charge in [-0.25, -0.2) is 9.97 Å². The molecule has 0 saturated heterocycles. The molecule has 0 radical (unpaired) electrons. The third-order valence-electron chi connectivity index (χ3n) is 2.62. The molecule has 0 saturated carbocycles. The molecule has 1 aliphatic rings. The van der Waals surface area contributed by atoms with Gasteiger partial charge >= 0.3 is 0 Å². The first-order valence-corrected chi connectivity index (χ1v) is 6.63. The normalized spacial score (nSPS) is 14.8. The van der Waals surface area contributed by atoms with Crippen LogP contribution in [0.5, 0.6) is 0 Å². The number of rotatable bonds is 0. The van der Waals surface area contributed by atoms with Gasteiger partial charge in [-0.3, -0.25) is 0 Å². The summed E-state index contributed by atoms with van der Waals surface area (Å²) in [6, 6.07) is 6.00. The van der Waals surface area contributed by atoms with Gasteiger partial charge in [-0.2, -0.15) is 0 Å². The van der Waals surface area contributed by atoms with E-state index in [0.29, 0.717) is 0 Å². The number of allylic oxidation sites excluding steroid dienone is 1. The molecule has 1 aromatic heterocycles. The topological polar surface area (TPSA) is 25.8 Å². The Labute approximate surface area is 110 Å². The van der Waals surface area contributed by atoms with Crippen LogP contribution < -0.4 is 0 Å². The molecule has 0 bridgehead atoms. The van der Waals surface area contributed by atoms with E-state index >= 15 is 0 Å². The highest BCUT2D eigenvalue weighted by Crippen LogP contribution is 2.27. The second kappa shape index (κ2) is 3.93. The molecule has 2 nitrogen and oxygen atoms in total. The van der Waals surface area contributed by atoms with E-state index in [9.17, 15) is 0 Å². The quantitative estimate of drug-likeness (QED) is 0.723. The molecule has 16 heavy (non-hydrogen) atoms. The summed E-state index contributed by atoms with van der Waals surface area (Å²) in [6.45, 7) is 0. The minimum absolute atomic E-state index is 0.937. The first kappa shape index (κ1) is 10.4. The van der Waals surface area contributed by atoms with E-state index in [4.69, 9.17) is 0 Å². The van der Waals surface area contributed by atoms with Gasteiger partial charge in [-0.05, 0) is 41.6 Å². The van der Waals surface area contributed by atoms with Gasteiger partial charge in [0.1, 0.15) is 0 Å². The lowest BCUT2D eigenvalue weighted by atomic mass is 10.1. The van der Waals surface area contributed by atoms with Gasteiger partial charge in [0, 0.05) is 4.47 Å². The van der Waals surface area contributed by atoms with E-state index in [1.54, 1.807) is 0 Å². The van der Waals surface area contributed by atoms with Crippen LogP contribution in [0.15, 0.2) is 27.2 Å². The SMILES string of the molecule is BrC1=Cc2nc3cc(Br)ccc3nc2CC1. The molecular formula is C12H8Br2N2. The van der Waals surface area contributed by atoms with Crippen LogP contribution in [0.25, 0.3) is 17.1 Å². The van der Waals surface area contributed by atoms with Crippen LogP contribution in [0.1, 0.15) is 17.8 Å². The fraction of sp³-hybridized carbons (Fsp3) is 0.167. The van der Waals surface area contributed by atoms with Crippen molar-refractivity contribution in [2.24, 2.45) is 0 Å². The van der Waals surface area contributed by atoms with E-state index in [0.717, 1.165) is 39.7 Å². The number of aryl methyl sites for hydroxylation is 1. The van der Waals surface area contributed by atoms with E-state index in [1.807, 2.05) is 18.2 Å². The van der Waals surface area contributed by atoms with Crippen molar-refractivity contribution in [2.45, 2.75) is 12.8 Å². The Morgan fingerprint density at radius 1 is 1.00 bits per heavy atom. The van der Waals surface area contributed by atoms with Crippen molar-refractivity contribution < 1.29 is 0 Å². The molecular weight excluding hydrogens is 332 g/mol. The number of fused-ring (bicyclic) bond motifs is 2. The molecule has 1 heterocycles. The number of hydrogen-bond donors (Lipinski definition) is 0. The van der Waals surface area contributed by atoms with Gasteiger partial charge in [0.05, 0.1) is 22.4 Å². The van der Waals surface area contributed by atoms with Crippen LogP contribution in [0.4, 0.5) is 0 Å². The molecule has 80 valence electrons. The Bertz CT molecular complexity index is 605. The number of benzene rings is 1. The van der Waals surface area contributed by atoms with Crippen molar-refractivity contribution in [1.29, 1.82) is 0 Å². The van der Waals surface area contributed by atoms with Gasteiger partial charge in [0.15, 0.2) is 0 Å². The van der Waals surface area contributed by atoms with Gasteiger partial charge in [0.25, 0.3) is 0 Å². The van der Waals surface area contributed by atoms with Crippen LogP contribution in [-0.4, -0.2) is 9.97 Å². The van der Waals surface area contributed by atoms with Crippen molar-refractivity contribution in [2.75, 3.05) is 0 Å². The molecule has 3 rings (SSSR count). The summed E-state index contributed by atoms with van der Waals surface area (Å²) in [4.78, 5) is 9.27. The van der Waals surface area contributed by atoms with Crippen LogP contribution in [-0.2, 0) is 6.42 Å². The van der Waals surface area contributed by atoms with Crippen LogP contribution in [0, 0.1) is 0 Å². The van der Waals surface area contributed by atoms with Gasteiger partial charge in [-0.15, -0.1) is 0 Å². The molecule has 1 aliphatic carbocycles. The van der Waals surface area contributed by atoms with Crippen molar-refractivity contribution >= 4 is 49.0 Å². The summed E-state index contributed by atoms with van der Waals surface area (Å²) in [5.74, 6) is 0. The number of hydrogen-bond acceptors (Lipinski definition) is 2. The van der Waals surface area contributed by atoms with Crippen LogP contribution >= 0.6 is 31.9 Å². The summed E-state index contributed by atoms with van der Waals surface area (Å²) in [5.41, 5.74) is 3.99. The van der Waals surface area contributed by atoms with Crippen molar-refractivity contribution in [1.82, 2.24) is 9.97 Å². The Balaban J connectivity index is 2.29. The van der Waals surface area contributed by atoms with Crippen molar-refractivity contribution in [3.05, 3.63) is 38.5 Å². The van der Waals surface area contributed by atoms with Crippen LogP contribution in [0.3, 0.4) is 0 Å². The molecule has 0 atom stereocenters. The average molecular weight is 340 g/mol. The average Bonchev–Trinajstić information content (AvgIpc) is 2.26. The first-order chi connectivity index (χ1) is 7.72. The molecule has 0 N–H and O–H groups in total. The summed E-state index contributed by atoms with van der Waals surface area (Å²) >= 11 is 6.97. The van der Waals surface area contributed by atoms with Crippen molar-refractivity contribution in [3.8, 4) is 0 Å². The predicted octanol–water partition coefficient (Wildman–Crippen LogP) is 4.07. The third kappa shape index (κ3) is 1.80. The molecule has 1 aromatic carbocycles. The highest BCUT2D eigenvalue weighted by Gasteiger charge is 2.12. The number of aromatic nitrogens is 2. The fourth-order valence-electron chi connectivity index (χ4n) is 1.84. The molecule has 4 heteroatoms. The van der Waals surface area contributed by atoms with E-state index in [2.05, 4.69) is 47.9 Å². The Hall–Kier alpha value is -0.740. The molecule has 2 aromatic rings. The second-order valence-electron chi connectivity index (χ2n) is 3.78. The highest BCUT2D eigenvalue weighted by atomic mass is 79.9. The zero-order valence-electron chi connectivity index (χ0n) is 8.37. The van der Waals surface area contributed by atoms with Crippen LogP contribution in [0.2, 0.25) is 0 Å². The number of nitrogens with zero attached hydrogens (tertiary/aromatic N) is 2. The second-order valence-corrected chi connectivity index (χ2v) is 5.71. The lowest BCUT2D eigenvalue weighted by Crippen LogP contribution is -2.03. The Kier molecular flexibility index (Phi) is 2.56. The zero-order chi connectivity index (χ0) is 11.1. The molecule has 0 aliphatic heterocycles. The van der Waals surface area contributed by atoms with Crippen molar-refractivity contribution in [3.63, 3.8) is 0 Å². The third-order valence-corrected chi connectivity index (χ3v) is 3.74. The monoisotopic (exact) mass is 338 g/mol. The maximum absolute atomic E-state index is 4.64. The van der Waals surface area contributed by atoms with E-state index in [1.165, 1.54) is 4.48 Å². The fourth-order valence-corrected chi connectivity index (χ4v) is 2.60. The summed E-state index contributed by atoms with van der Waals surface area (Å²) in [6.07, 6.45) is 4.04. The summed E-state index contributed by atoms with van der Waals surface area (Å²) in [5, 5.41) is 0. The molecule has 0 spiro atoms. The van der Waals surface area contributed by atoms with Gasteiger partial charge in [0.2, 0.25) is 0 Å². The van der Waals surface area contributed by atoms with E-state index in [-0.39, 0.29) is 0 Å². The first-order valence-electron chi connectivity index (χ1n) is 5.04. The van der Waals surface area contributed by atoms with Gasteiger partial charge in [-0.1, -0.05) is 31.9 Å². The Morgan fingerprint density at radius 3 is 2.75 bits per heavy atom. The van der Waals surface area contributed by atoms with Gasteiger partial charge < -0.3 is 0 Å². The maximum atomic E-state index is 4.64.